The maximum Gasteiger partial charge on any atom is 0.239 e. The highest BCUT2D eigenvalue weighted by molar-refractivity contribution is 5.80. The molecule has 0 saturated heterocycles. The summed E-state index contributed by atoms with van der Waals surface area (Å²) in [4.78, 5) is 11.8. The number of hydrogen-bond acceptors (Lipinski definition) is 4. The number of carbonyl (C=O) groups is 1. The largest absolute Gasteiger partial charge is 0.392 e. The van der Waals surface area contributed by atoms with Gasteiger partial charge >= 0.3 is 0 Å². The van der Waals surface area contributed by atoms with Crippen LogP contribution in [0.25, 0.3) is 0 Å². The summed E-state index contributed by atoms with van der Waals surface area (Å²) in [5.41, 5.74) is 2.20. The maximum absolute atomic E-state index is 13.3. The van der Waals surface area contributed by atoms with Gasteiger partial charge in [0, 0.05) is 17.8 Å². The predicted molar refractivity (Wildman–Crippen MR) is 83.8 cm³/mol. The third-order valence-electron chi connectivity index (χ3n) is 3.24. The Morgan fingerprint density at radius 2 is 1.96 bits per heavy atom. The maximum atomic E-state index is 13.3. The second-order valence-electron chi connectivity index (χ2n) is 4.90. The van der Waals surface area contributed by atoms with Gasteiger partial charge < -0.3 is 15.7 Å². The molecule has 0 bridgehead atoms. The molecule has 118 valence electrons. The summed E-state index contributed by atoms with van der Waals surface area (Å²) in [5.74, 6) is -0.686. The van der Waals surface area contributed by atoms with E-state index >= 15 is 0 Å². The number of benzene rings is 2. The average Bonchev–Trinajstić information content (AvgIpc) is 2.59. The Balaban J connectivity index is 1.82. The lowest BCUT2D eigenvalue weighted by atomic mass is 10.1. The van der Waals surface area contributed by atoms with Crippen molar-refractivity contribution in [2.75, 3.05) is 11.9 Å². The Labute approximate surface area is 133 Å². The van der Waals surface area contributed by atoms with E-state index in [9.17, 15) is 9.18 Å². The Bertz CT molecular complexity index is 724. The van der Waals surface area contributed by atoms with Crippen LogP contribution in [0.5, 0.6) is 0 Å². The van der Waals surface area contributed by atoms with E-state index < -0.39 is 5.82 Å². The molecule has 0 aliphatic carbocycles. The van der Waals surface area contributed by atoms with Crippen molar-refractivity contribution in [3.05, 3.63) is 65.0 Å². The fraction of sp³-hybridized carbons (Fsp3) is 0.176. The average molecular weight is 313 g/mol. The van der Waals surface area contributed by atoms with Crippen LogP contribution in [0, 0.1) is 17.1 Å². The standard InChI is InChI=1S/C17H16FN3O2/c18-16-6-3-13(7-14(16)11-22)9-21-17(23)10-20-15-4-1-12(8-19)2-5-15/h1-7,20,22H,9-11H2,(H,21,23). The molecule has 0 atom stereocenters. The first-order valence-corrected chi connectivity index (χ1v) is 7.01. The SMILES string of the molecule is N#Cc1ccc(NCC(=O)NCc2ccc(F)c(CO)c2)cc1. The van der Waals surface area contributed by atoms with Crippen LogP contribution in [0.2, 0.25) is 0 Å². The number of carbonyl (C=O) groups excluding carboxylic acids is 1. The number of amides is 1. The summed E-state index contributed by atoms with van der Waals surface area (Å²) in [6, 6.07) is 13.1. The van der Waals surface area contributed by atoms with Crippen molar-refractivity contribution < 1.29 is 14.3 Å². The first-order chi connectivity index (χ1) is 11.1. The molecule has 1 amide bonds. The quantitative estimate of drug-likeness (QED) is 0.760. The number of rotatable bonds is 6. The van der Waals surface area contributed by atoms with Gasteiger partial charge in [-0.3, -0.25) is 4.79 Å². The second kappa shape index (κ2) is 7.92. The van der Waals surface area contributed by atoms with Gasteiger partial charge in [0.1, 0.15) is 5.82 Å². The molecule has 5 nitrogen and oxygen atoms in total. The summed E-state index contributed by atoms with van der Waals surface area (Å²) >= 11 is 0. The van der Waals surface area contributed by atoms with Gasteiger partial charge in [0.05, 0.1) is 24.8 Å². The minimum atomic E-state index is -0.468. The molecule has 0 fully saturated rings. The van der Waals surface area contributed by atoms with Crippen molar-refractivity contribution in [1.29, 1.82) is 5.26 Å². The molecule has 0 aromatic heterocycles. The molecule has 0 spiro atoms. The lowest BCUT2D eigenvalue weighted by Gasteiger charge is -2.09. The van der Waals surface area contributed by atoms with Crippen LogP contribution in [-0.4, -0.2) is 17.6 Å². The van der Waals surface area contributed by atoms with Gasteiger partial charge in [-0.2, -0.15) is 5.26 Å². The van der Waals surface area contributed by atoms with Gasteiger partial charge in [0.15, 0.2) is 0 Å². The fourth-order valence-corrected chi connectivity index (χ4v) is 1.97. The molecule has 2 rings (SSSR count). The number of anilines is 1. The summed E-state index contributed by atoms with van der Waals surface area (Å²) in [5, 5.41) is 23.4. The summed E-state index contributed by atoms with van der Waals surface area (Å²) in [7, 11) is 0. The molecule has 2 aromatic carbocycles. The number of aliphatic hydroxyl groups is 1. The Hall–Kier alpha value is -2.91. The highest BCUT2D eigenvalue weighted by Crippen LogP contribution is 2.11. The van der Waals surface area contributed by atoms with E-state index in [4.69, 9.17) is 10.4 Å². The third kappa shape index (κ3) is 4.80. The zero-order valence-corrected chi connectivity index (χ0v) is 12.3. The normalized spacial score (nSPS) is 9.96. The van der Waals surface area contributed by atoms with E-state index in [0.717, 1.165) is 5.69 Å². The molecule has 0 aliphatic heterocycles. The zero-order chi connectivity index (χ0) is 16.7. The van der Waals surface area contributed by atoms with Gasteiger partial charge in [-0.1, -0.05) is 6.07 Å². The van der Waals surface area contributed by atoms with E-state index in [2.05, 4.69) is 10.6 Å². The minimum Gasteiger partial charge on any atom is -0.392 e. The molecule has 0 saturated carbocycles. The van der Waals surface area contributed by atoms with Crippen LogP contribution in [0.15, 0.2) is 42.5 Å². The topological polar surface area (TPSA) is 85.2 Å². The van der Waals surface area contributed by atoms with E-state index in [1.165, 1.54) is 12.1 Å². The van der Waals surface area contributed by atoms with Gasteiger partial charge in [-0.15, -0.1) is 0 Å². The van der Waals surface area contributed by atoms with E-state index in [-0.39, 0.29) is 31.2 Å². The lowest BCUT2D eigenvalue weighted by Crippen LogP contribution is -2.29. The number of nitriles is 1. The highest BCUT2D eigenvalue weighted by Gasteiger charge is 2.05. The Morgan fingerprint density at radius 1 is 1.22 bits per heavy atom. The second-order valence-corrected chi connectivity index (χ2v) is 4.90. The van der Waals surface area contributed by atoms with E-state index in [1.807, 2.05) is 6.07 Å². The van der Waals surface area contributed by atoms with Crippen molar-refractivity contribution >= 4 is 11.6 Å². The molecule has 2 aromatic rings. The monoisotopic (exact) mass is 313 g/mol. The highest BCUT2D eigenvalue weighted by atomic mass is 19.1. The van der Waals surface area contributed by atoms with Crippen molar-refractivity contribution in [3.63, 3.8) is 0 Å². The molecule has 0 heterocycles. The van der Waals surface area contributed by atoms with E-state index in [1.54, 1.807) is 30.3 Å². The van der Waals surface area contributed by atoms with Crippen molar-refractivity contribution in [2.24, 2.45) is 0 Å². The summed E-state index contributed by atoms with van der Waals surface area (Å²) in [6.07, 6.45) is 0. The number of hydrogen-bond donors (Lipinski definition) is 3. The number of nitrogens with zero attached hydrogens (tertiary/aromatic N) is 1. The number of nitrogens with one attached hydrogen (secondary N) is 2. The molecule has 0 radical (unpaired) electrons. The molecular weight excluding hydrogens is 297 g/mol. The first-order valence-electron chi connectivity index (χ1n) is 7.01. The van der Waals surface area contributed by atoms with Crippen LogP contribution in [0.3, 0.4) is 0 Å². The summed E-state index contributed by atoms with van der Waals surface area (Å²) in [6.45, 7) is -0.0466. The van der Waals surface area contributed by atoms with Crippen LogP contribution < -0.4 is 10.6 Å². The fourth-order valence-electron chi connectivity index (χ4n) is 1.97. The summed E-state index contributed by atoms with van der Waals surface area (Å²) < 4.78 is 13.3. The molecular formula is C17H16FN3O2. The third-order valence-corrected chi connectivity index (χ3v) is 3.24. The molecule has 0 aliphatic rings. The van der Waals surface area contributed by atoms with Crippen molar-refractivity contribution in [3.8, 4) is 6.07 Å². The lowest BCUT2D eigenvalue weighted by molar-refractivity contribution is -0.119. The van der Waals surface area contributed by atoms with Crippen LogP contribution >= 0.6 is 0 Å². The van der Waals surface area contributed by atoms with Crippen LogP contribution in [0.4, 0.5) is 10.1 Å². The van der Waals surface area contributed by atoms with Crippen molar-refractivity contribution in [1.82, 2.24) is 5.32 Å². The Morgan fingerprint density at radius 3 is 2.61 bits per heavy atom. The molecule has 0 unspecified atom stereocenters. The number of aliphatic hydroxyl groups excluding tert-OH is 1. The molecule has 6 heteroatoms. The molecule has 23 heavy (non-hydrogen) atoms. The van der Waals surface area contributed by atoms with Crippen molar-refractivity contribution in [2.45, 2.75) is 13.2 Å². The first kappa shape index (κ1) is 16.5. The van der Waals surface area contributed by atoms with Crippen LogP contribution in [-0.2, 0) is 17.9 Å². The predicted octanol–water partition coefficient (Wildman–Crippen LogP) is 1.92. The zero-order valence-electron chi connectivity index (χ0n) is 12.3. The van der Waals surface area contributed by atoms with Gasteiger partial charge in [0.2, 0.25) is 5.91 Å². The van der Waals surface area contributed by atoms with Gasteiger partial charge in [-0.25, -0.2) is 4.39 Å². The van der Waals surface area contributed by atoms with Crippen LogP contribution in [0.1, 0.15) is 16.7 Å². The smallest absolute Gasteiger partial charge is 0.239 e. The number of halogens is 1. The van der Waals surface area contributed by atoms with E-state index in [0.29, 0.717) is 11.1 Å². The minimum absolute atomic E-state index is 0.0833. The van der Waals surface area contributed by atoms with Gasteiger partial charge in [-0.05, 0) is 42.0 Å². The molecule has 3 N–H and O–H groups in total. The van der Waals surface area contributed by atoms with Gasteiger partial charge in [0.25, 0.3) is 0 Å². The Kier molecular flexibility index (Phi) is 5.67.